The molecule has 0 radical (unpaired) electrons. The molecule has 0 saturated heterocycles. The molecule has 5 heteroatoms. The Hall–Kier alpha value is -1.36. The molecule has 0 saturated carbocycles. The van der Waals surface area contributed by atoms with Gasteiger partial charge in [0, 0.05) is 25.2 Å². The van der Waals surface area contributed by atoms with Crippen molar-refractivity contribution in [3.63, 3.8) is 0 Å². The summed E-state index contributed by atoms with van der Waals surface area (Å²) >= 11 is 0. The molecular formula is C10H18N4O. The van der Waals surface area contributed by atoms with Crippen LogP contribution in [0.3, 0.4) is 0 Å². The van der Waals surface area contributed by atoms with Gasteiger partial charge in [-0.25, -0.2) is 4.98 Å². The Morgan fingerprint density at radius 2 is 2.47 bits per heavy atom. The van der Waals surface area contributed by atoms with Crippen molar-refractivity contribution in [2.24, 2.45) is 5.73 Å². The molecule has 84 valence electrons. The van der Waals surface area contributed by atoms with E-state index in [9.17, 15) is 4.79 Å². The number of carbonyl (C=O) groups is 1. The largest absolute Gasteiger partial charge is 0.370 e. The van der Waals surface area contributed by atoms with Gasteiger partial charge in [0.05, 0.1) is 12.0 Å². The molecule has 0 bridgehead atoms. The highest BCUT2D eigenvalue weighted by Crippen LogP contribution is 2.13. The number of aromatic nitrogens is 2. The molecule has 1 rings (SSSR count). The highest BCUT2D eigenvalue weighted by molar-refractivity contribution is 5.74. The zero-order valence-corrected chi connectivity index (χ0v) is 9.23. The second-order valence-electron chi connectivity index (χ2n) is 3.59. The first-order valence-electron chi connectivity index (χ1n) is 5.14. The lowest BCUT2D eigenvalue weighted by Gasteiger charge is -2.14. The molecule has 1 unspecified atom stereocenters. The summed E-state index contributed by atoms with van der Waals surface area (Å²) < 4.78 is 1.98. The van der Waals surface area contributed by atoms with Crippen LogP contribution in [0.25, 0.3) is 0 Å². The first-order valence-corrected chi connectivity index (χ1v) is 5.14. The fraction of sp³-hybridized carbons (Fsp3) is 0.600. The Morgan fingerprint density at radius 3 is 3.07 bits per heavy atom. The second kappa shape index (κ2) is 5.50. The molecular weight excluding hydrogens is 192 g/mol. The number of nitrogens with zero attached hydrogens (tertiary/aromatic N) is 2. The number of imidazole rings is 1. The Kier molecular flexibility index (Phi) is 4.30. The van der Waals surface area contributed by atoms with Crippen molar-refractivity contribution in [2.75, 3.05) is 6.54 Å². The number of nitrogens with one attached hydrogen (secondary N) is 1. The molecule has 3 N–H and O–H groups in total. The highest BCUT2D eigenvalue weighted by Gasteiger charge is 2.11. The molecule has 1 atom stereocenters. The van der Waals surface area contributed by atoms with Crippen LogP contribution in [0.2, 0.25) is 0 Å². The van der Waals surface area contributed by atoms with E-state index in [2.05, 4.69) is 10.3 Å². The van der Waals surface area contributed by atoms with Crippen molar-refractivity contribution in [2.45, 2.75) is 32.9 Å². The van der Waals surface area contributed by atoms with E-state index in [0.29, 0.717) is 6.42 Å². The maximum absolute atomic E-state index is 10.8. The molecule has 0 aliphatic rings. The van der Waals surface area contributed by atoms with Gasteiger partial charge in [-0.05, 0) is 13.5 Å². The lowest BCUT2D eigenvalue weighted by molar-refractivity contribution is -0.118. The number of hydrogen-bond donors (Lipinski definition) is 2. The number of hydrogen-bond acceptors (Lipinski definition) is 3. The minimum Gasteiger partial charge on any atom is -0.370 e. The van der Waals surface area contributed by atoms with Gasteiger partial charge in [-0.3, -0.25) is 4.79 Å². The molecule has 0 aliphatic heterocycles. The summed E-state index contributed by atoms with van der Waals surface area (Å²) in [5.74, 6) is -0.286. The summed E-state index contributed by atoms with van der Waals surface area (Å²) in [6, 6.07) is 0.0682. The van der Waals surface area contributed by atoms with Crippen LogP contribution in [-0.2, 0) is 11.3 Å². The lowest BCUT2D eigenvalue weighted by atomic mass is 10.2. The van der Waals surface area contributed by atoms with Crippen molar-refractivity contribution < 1.29 is 4.79 Å². The molecule has 1 aromatic rings. The Labute approximate surface area is 89.7 Å². The van der Waals surface area contributed by atoms with E-state index < -0.39 is 0 Å². The molecule has 1 heterocycles. The smallest absolute Gasteiger partial charge is 0.219 e. The summed E-state index contributed by atoms with van der Waals surface area (Å²) in [6.07, 6.45) is 3.88. The lowest BCUT2D eigenvalue weighted by Crippen LogP contribution is -2.20. The standard InChI is InChI=1S/C10H18N4O/c1-3-12-5-9-6-13-7-14(9)8(2)4-10(11)15/h6-8,12H,3-5H2,1-2H3,(H2,11,15). The molecule has 5 nitrogen and oxygen atoms in total. The van der Waals surface area contributed by atoms with Crippen LogP contribution in [0.15, 0.2) is 12.5 Å². The maximum atomic E-state index is 10.8. The molecule has 0 spiro atoms. The third-order valence-corrected chi connectivity index (χ3v) is 2.27. The van der Waals surface area contributed by atoms with Crippen LogP contribution in [0.5, 0.6) is 0 Å². The van der Waals surface area contributed by atoms with E-state index in [-0.39, 0.29) is 11.9 Å². The van der Waals surface area contributed by atoms with Crippen molar-refractivity contribution in [3.8, 4) is 0 Å². The molecule has 1 aromatic heterocycles. The maximum Gasteiger partial charge on any atom is 0.219 e. The SMILES string of the molecule is CCNCc1cncn1C(C)CC(N)=O. The third kappa shape index (κ3) is 3.36. The Balaban J connectivity index is 2.66. The molecule has 15 heavy (non-hydrogen) atoms. The van der Waals surface area contributed by atoms with E-state index in [4.69, 9.17) is 5.73 Å². The average molecular weight is 210 g/mol. The molecule has 0 aromatic carbocycles. The minimum atomic E-state index is -0.286. The van der Waals surface area contributed by atoms with Crippen LogP contribution in [0.1, 0.15) is 32.0 Å². The summed E-state index contributed by atoms with van der Waals surface area (Å²) in [6.45, 7) is 5.68. The predicted molar refractivity (Wildman–Crippen MR) is 58.1 cm³/mol. The van der Waals surface area contributed by atoms with Crippen molar-refractivity contribution in [1.82, 2.24) is 14.9 Å². The monoisotopic (exact) mass is 210 g/mol. The van der Waals surface area contributed by atoms with Crippen LogP contribution < -0.4 is 11.1 Å². The average Bonchev–Trinajstić information content (AvgIpc) is 2.61. The van der Waals surface area contributed by atoms with Gasteiger partial charge in [0.2, 0.25) is 5.91 Å². The third-order valence-electron chi connectivity index (χ3n) is 2.27. The quantitative estimate of drug-likeness (QED) is 0.715. The van der Waals surface area contributed by atoms with Crippen LogP contribution in [0, 0.1) is 0 Å². The van der Waals surface area contributed by atoms with E-state index in [1.165, 1.54) is 0 Å². The van der Waals surface area contributed by atoms with Gasteiger partial charge in [0.1, 0.15) is 0 Å². The molecule has 0 fully saturated rings. The fourth-order valence-electron chi connectivity index (χ4n) is 1.51. The fourth-order valence-corrected chi connectivity index (χ4v) is 1.51. The van der Waals surface area contributed by atoms with Crippen molar-refractivity contribution in [1.29, 1.82) is 0 Å². The van der Waals surface area contributed by atoms with Gasteiger partial charge in [0.15, 0.2) is 0 Å². The first kappa shape index (κ1) is 11.7. The zero-order valence-electron chi connectivity index (χ0n) is 9.23. The van der Waals surface area contributed by atoms with Gasteiger partial charge in [-0.2, -0.15) is 0 Å². The molecule has 0 aliphatic carbocycles. The number of nitrogens with two attached hydrogens (primary N) is 1. The zero-order chi connectivity index (χ0) is 11.3. The van der Waals surface area contributed by atoms with Crippen LogP contribution >= 0.6 is 0 Å². The number of amides is 1. The van der Waals surface area contributed by atoms with Crippen LogP contribution in [-0.4, -0.2) is 22.0 Å². The normalized spacial score (nSPS) is 12.7. The predicted octanol–water partition coefficient (Wildman–Crippen LogP) is 0.429. The number of carbonyl (C=O) groups excluding carboxylic acids is 1. The minimum absolute atomic E-state index is 0.0682. The van der Waals surface area contributed by atoms with Gasteiger partial charge >= 0.3 is 0 Å². The summed E-state index contributed by atoms with van der Waals surface area (Å²) in [4.78, 5) is 14.9. The van der Waals surface area contributed by atoms with Crippen molar-refractivity contribution >= 4 is 5.91 Å². The number of rotatable bonds is 6. The van der Waals surface area contributed by atoms with E-state index >= 15 is 0 Å². The van der Waals surface area contributed by atoms with E-state index in [1.54, 1.807) is 12.5 Å². The van der Waals surface area contributed by atoms with Gasteiger partial charge in [0.25, 0.3) is 0 Å². The van der Waals surface area contributed by atoms with Gasteiger partial charge in [-0.15, -0.1) is 0 Å². The van der Waals surface area contributed by atoms with E-state index in [1.807, 2.05) is 18.4 Å². The second-order valence-corrected chi connectivity index (χ2v) is 3.59. The first-order chi connectivity index (χ1) is 7.15. The van der Waals surface area contributed by atoms with Gasteiger partial charge < -0.3 is 15.6 Å². The van der Waals surface area contributed by atoms with Crippen LogP contribution in [0.4, 0.5) is 0 Å². The van der Waals surface area contributed by atoms with E-state index in [0.717, 1.165) is 18.8 Å². The summed E-state index contributed by atoms with van der Waals surface area (Å²) in [5.41, 5.74) is 6.24. The Morgan fingerprint density at radius 1 is 1.73 bits per heavy atom. The highest BCUT2D eigenvalue weighted by atomic mass is 16.1. The van der Waals surface area contributed by atoms with Crippen molar-refractivity contribution in [3.05, 3.63) is 18.2 Å². The Bertz CT molecular complexity index is 321. The topological polar surface area (TPSA) is 72.9 Å². The summed E-state index contributed by atoms with van der Waals surface area (Å²) in [7, 11) is 0. The molecule has 1 amide bonds. The number of primary amides is 1. The van der Waals surface area contributed by atoms with Gasteiger partial charge in [-0.1, -0.05) is 6.92 Å². The summed E-state index contributed by atoms with van der Waals surface area (Å²) in [5, 5.41) is 3.22.